The third kappa shape index (κ3) is 5.30. The van der Waals surface area contributed by atoms with E-state index < -0.39 is 0 Å². The number of benzene rings is 2. The molecule has 2 aromatic carbocycles. The second-order valence-corrected chi connectivity index (χ2v) is 7.31. The van der Waals surface area contributed by atoms with Crippen molar-refractivity contribution in [2.24, 2.45) is 0 Å². The molecule has 1 aliphatic heterocycles. The average molecular weight is 378 g/mol. The molecule has 5 heteroatoms. The van der Waals surface area contributed by atoms with Crippen LogP contribution in [0.5, 0.6) is 0 Å². The van der Waals surface area contributed by atoms with Gasteiger partial charge >= 0.3 is 0 Å². The summed E-state index contributed by atoms with van der Waals surface area (Å²) in [7, 11) is 0. The Morgan fingerprint density at radius 2 is 1.64 bits per heavy atom. The van der Waals surface area contributed by atoms with Crippen molar-refractivity contribution in [1.82, 2.24) is 4.90 Å². The maximum absolute atomic E-state index is 12.4. The predicted octanol–water partition coefficient (Wildman–Crippen LogP) is 1.68. The maximum Gasteiger partial charge on any atom is 0.279 e. The summed E-state index contributed by atoms with van der Waals surface area (Å²) >= 11 is 0. The fourth-order valence-electron chi connectivity index (χ4n) is 3.48. The summed E-state index contributed by atoms with van der Waals surface area (Å²) in [6, 6.07) is 15.8. The summed E-state index contributed by atoms with van der Waals surface area (Å²) < 4.78 is 0. The molecule has 2 amide bonds. The topological polar surface area (TPSA) is 53.9 Å². The minimum Gasteiger partial charge on any atom is -0.328 e. The van der Waals surface area contributed by atoms with Gasteiger partial charge in [0, 0.05) is 11.8 Å². The first-order chi connectivity index (χ1) is 13.5. The summed E-state index contributed by atoms with van der Waals surface area (Å²) in [6.07, 6.45) is 3.48. The molecule has 0 atom stereocenters. The van der Waals surface area contributed by atoms with Crippen molar-refractivity contribution >= 4 is 23.6 Å². The largest absolute Gasteiger partial charge is 0.328 e. The molecule has 146 valence electrons. The second-order valence-electron chi connectivity index (χ2n) is 7.31. The molecular weight excluding hydrogens is 350 g/mol. The van der Waals surface area contributed by atoms with Gasteiger partial charge in [-0.3, -0.25) is 9.59 Å². The Morgan fingerprint density at radius 1 is 1.00 bits per heavy atom. The van der Waals surface area contributed by atoms with E-state index in [1.54, 1.807) is 6.08 Å². The van der Waals surface area contributed by atoms with Crippen LogP contribution >= 0.6 is 0 Å². The Bertz CT molecular complexity index is 833. The van der Waals surface area contributed by atoms with E-state index in [2.05, 4.69) is 5.32 Å². The van der Waals surface area contributed by atoms with Crippen molar-refractivity contribution in [2.45, 2.75) is 13.8 Å². The molecule has 0 aromatic heterocycles. The molecule has 0 spiro atoms. The van der Waals surface area contributed by atoms with E-state index in [0.29, 0.717) is 19.6 Å². The summed E-state index contributed by atoms with van der Waals surface area (Å²) in [5.74, 6) is 0.0547. The van der Waals surface area contributed by atoms with Crippen molar-refractivity contribution in [1.29, 1.82) is 0 Å². The number of carbonyl (C=O) groups excluding carboxylic acids is 2. The number of anilines is 1. The van der Waals surface area contributed by atoms with Gasteiger partial charge in [0.15, 0.2) is 6.54 Å². The Balaban J connectivity index is 1.46. The molecule has 1 heterocycles. The lowest BCUT2D eigenvalue weighted by molar-refractivity contribution is -0.895. The zero-order valence-electron chi connectivity index (χ0n) is 16.6. The standard InChI is InChI=1S/C23H27N3O2/c1-18-7-6-8-19(2)23(18)24-21(27)17-25-13-15-26(16-14-25)22(28)12-11-20-9-4-3-5-10-20/h3-12H,13-17H2,1-2H3,(H,24,27)/p+1/b12-11+. The number of aryl methyl sites for hydroxylation is 2. The van der Waals surface area contributed by atoms with Gasteiger partial charge in [-0.15, -0.1) is 0 Å². The highest BCUT2D eigenvalue weighted by Crippen LogP contribution is 2.18. The van der Waals surface area contributed by atoms with Crippen LogP contribution in [0.25, 0.3) is 6.08 Å². The lowest BCUT2D eigenvalue weighted by atomic mass is 10.1. The molecule has 2 aromatic rings. The van der Waals surface area contributed by atoms with Crippen LogP contribution in [0.3, 0.4) is 0 Å². The summed E-state index contributed by atoms with van der Waals surface area (Å²) in [6.45, 7) is 7.34. The van der Waals surface area contributed by atoms with Crippen molar-refractivity contribution in [2.75, 3.05) is 38.0 Å². The summed E-state index contributed by atoms with van der Waals surface area (Å²) in [4.78, 5) is 27.9. The molecule has 28 heavy (non-hydrogen) atoms. The summed E-state index contributed by atoms with van der Waals surface area (Å²) in [5, 5.41) is 3.05. The number of amides is 2. The van der Waals surface area contributed by atoms with Crippen molar-refractivity contribution < 1.29 is 14.5 Å². The molecule has 3 rings (SSSR count). The van der Waals surface area contributed by atoms with Gasteiger partial charge in [-0.2, -0.15) is 0 Å². The first-order valence-corrected chi connectivity index (χ1v) is 9.74. The van der Waals surface area contributed by atoms with Crippen molar-refractivity contribution in [3.05, 3.63) is 71.3 Å². The van der Waals surface area contributed by atoms with Crippen LogP contribution in [-0.4, -0.2) is 49.4 Å². The summed E-state index contributed by atoms with van der Waals surface area (Å²) in [5.41, 5.74) is 4.07. The highest BCUT2D eigenvalue weighted by atomic mass is 16.2. The zero-order valence-corrected chi connectivity index (χ0v) is 16.6. The number of nitrogens with zero attached hydrogens (tertiary/aromatic N) is 1. The normalized spacial score (nSPS) is 15.0. The molecule has 5 nitrogen and oxygen atoms in total. The van der Waals surface area contributed by atoms with E-state index in [1.165, 1.54) is 4.90 Å². The molecule has 0 unspecified atom stereocenters. The van der Waals surface area contributed by atoms with Gasteiger partial charge < -0.3 is 15.1 Å². The predicted molar refractivity (Wildman–Crippen MR) is 112 cm³/mol. The fraction of sp³-hybridized carbons (Fsp3) is 0.304. The van der Waals surface area contributed by atoms with E-state index >= 15 is 0 Å². The SMILES string of the molecule is Cc1cccc(C)c1NC(=O)C[NH+]1CCN(C(=O)/C=C/c2ccccc2)CC1. The minimum absolute atomic E-state index is 0.0242. The minimum atomic E-state index is 0.0242. The molecule has 0 saturated carbocycles. The van der Waals surface area contributed by atoms with Gasteiger partial charge in [0.05, 0.1) is 26.2 Å². The van der Waals surface area contributed by atoms with Crippen LogP contribution in [0.15, 0.2) is 54.6 Å². The molecule has 1 aliphatic rings. The number of piperazine rings is 1. The Kier molecular flexibility index (Phi) is 6.61. The Hall–Kier alpha value is -2.92. The lowest BCUT2D eigenvalue weighted by Gasteiger charge is -2.31. The lowest BCUT2D eigenvalue weighted by Crippen LogP contribution is -3.15. The smallest absolute Gasteiger partial charge is 0.279 e. The molecule has 0 radical (unpaired) electrons. The highest BCUT2D eigenvalue weighted by Gasteiger charge is 2.24. The molecule has 0 aliphatic carbocycles. The van der Waals surface area contributed by atoms with E-state index in [9.17, 15) is 9.59 Å². The van der Waals surface area contributed by atoms with Crippen LogP contribution in [0, 0.1) is 13.8 Å². The van der Waals surface area contributed by atoms with E-state index in [4.69, 9.17) is 0 Å². The van der Waals surface area contributed by atoms with Crippen LogP contribution in [0.4, 0.5) is 5.69 Å². The molecule has 1 saturated heterocycles. The third-order valence-electron chi connectivity index (χ3n) is 5.16. The van der Waals surface area contributed by atoms with Gasteiger partial charge in [-0.05, 0) is 36.6 Å². The third-order valence-corrected chi connectivity index (χ3v) is 5.16. The first-order valence-electron chi connectivity index (χ1n) is 9.74. The molecule has 1 fully saturated rings. The van der Waals surface area contributed by atoms with Gasteiger partial charge in [0.2, 0.25) is 5.91 Å². The van der Waals surface area contributed by atoms with Crippen molar-refractivity contribution in [3.8, 4) is 0 Å². The van der Waals surface area contributed by atoms with E-state index in [1.807, 2.05) is 73.4 Å². The maximum atomic E-state index is 12.4. The van der Waals surface area contributed by atoms with Gasteiger partial charge in [-0.1, -0.05) is 48.5 Å². The van der Waals surface area contributed by atoms with Gasteiger partial charge in [-0.25, -0.2) is 0 Å². The monoisotopic (exact) mass is 378 g/mol. The fourth-order valence-corrected chi connectivity index (χ4v) is 3.48. The van der Waals surface area contributed by atoms with E-state index in [-0.39, 0.29) is 11.8 Å². The number of para-hydroxylation sites is 1. The number of quaternary nitrogens is 1. The number of hydrogen-bond donors (Lipinski definition) is 2. The number of nitrogens with one attached hydrogen (secondary N) is 2. The number of rotatable bonds is 5. The quantitative estimate of drug-likeness (QED) is 0.778. The van der Waals surface area contributed by atoms with E-state index in [0.717, 1.165) is 35.5 Å². The van der Waals surface area contributed by atoms with Gasteiger partial charge in [0.1, 0.15) is 0 Å². The highest BCUT2D eigenvalue weighted by molar-refractivity contribution is 5.93. The van der Waals surface area contributed by atoms with Crippen LogP contribution in [-0.2, 0) is 9.59 Å². The molecular formula is C23H28N3O2+. The Labute approximate surface area is 166 Å². The van der Waals surface area contributed by atoms with Crippen molar-refractivity contribution in [3.63, 3.8) is 0 Å². The van der Waals surface area contributed by atoms with Gasteiger partial charge in [0.25, 0.3) is 5.91 Å². The zero-order chi connectivity index (χ0) is 19.9. The van der Waals surface area contributed by atoms with Crippen LogP contribution in [0.2, 0.25) is 0 Å². The first kappa shape index (κ1) is 19.8. The number of hydrogen-bond acceptors (Lipinski definition) is 2. The number of carbonyl (C=O) groups is 2. The average Bonchev–Trinajstić information content (AvgIpc) is 2.70. The molecule has 0 bridgehead atoms. The Morgan fingerprint density at radius 3 is 2.29 bits per heavy atom. The molecule has 2 N–H and O–H groups in total. The second kappa shape index (κ2) is 9.33. The van der Waals surface area contributed by atoms with Crippen LogP contribution in [0.1, 0.15) is 16.7 Å². The van der Waals surface area contributed by atoms with Crippen LogP contribution < -0.4 is 10.2 Å².